The second-order valence-corrected chi connectivity index (χ2v) is 10.5. The summed E-state index contributed by atoms with van der Waals surface area (Å²) < 4.78 is 13.7. The standard InChI is InChI=1S/C25H29ClN6O3/c1-25(2,3)35-24(33)31-14-17-13-18(26)7-10-20(17)32-21(15-31)29-30-22(32)16-5-8-19(9-6-16)34-23-27-11-4-12-28-23/h4,7,10-13,16,19H,5-6,8-9,14-15H2,1-3H3/t16-,19+. The fourth-order valence-corrected chi connectivity index (χ4v) is 4.88. The van der Waals surface area contributed by atoms with Gasteiger partial charge >= 0.3 is 12.1 Å². The van der Waals surface area contributed by atoms with Crippen molar-refractivity contribution in [3.05, 3.63) is 58.9 Å². The summed E-state index contributed by atoms with van der Waals surface area (Å²) in [5, 5.41) is 9.72. The molecule has 9 nitrogen and oxygen atoms in total. The fourth-order valence-electron chi connectivity index (χ4n) is 4.68. The Hall–Kier alpha value is -3.20. The van der Waals surface area contributed by atoms with Gasteiger partial charge in [0.25, 0.3) is 0 Å². The molecule has 35 heavy (non-hydrogen) atoms. The van der Waals surface area contributed by atoms with Gasteiger partial charge in [-0.25, -0.2) is 14.8 Å². The first-order valence-electron chi connectivity index (χ1n) is 11.9. The molecular formula is C25H29ClN6O3. The molecule has 0 unspecified atom stereocenters. The van der Waals surface area contributed by atoms with Crippen molar-refractivity contribution in [2.24, 2.45) is 0 Å². The summed E-state index contributed by atoms with van der Waals surface area (Å²) in [6.07, 6.45) is 6.64. The molecule has 0 saturated heterocycles. The Morgan fingerprint density at radius 2 is 1.80 bits per heavy atom. The molecule has 0 spiro atoms. The van der Waals surface area contributed by atoms with E-state index >= 15 is 0 Å². The van der Waals surface area contributed by atoms with Crippen LogP contribution in [-0.4, -0.2) is 47.4 Å². The summed E-state index contributed by atoms with van der Waals surface area (Å²) in [5.41, 5.74) is 1.29. The summed E-state index contributed by atoms with van der Waals surface area (Å²) in [7, 11) is 0. The Morgan fingerprint density at radius 1 is 1.06 bits per heavy atom. The molecule has 0 N–H and O–H groups in total. The fraction of sp³-hybridized carbons (Fsp3) is 0.480. The number of fused-ring (bicyclic) bond motifs is 3. The molecule has 1 aliphatic carbocycles. The Balaban J connectivity index is 1.40. The first-order chi connectivity index (χ1) is 16.8. The van der Waals surface area contributed by atoms with Crippen molar-refractivity contribution in [3.8, 4) is 11.7 Å². The van der Waals surface area contributed by atoms with E-state index < -0.39 is 5.60 Å². The van der Waals surface area contributed by atoms with E-state index in [1.165, 1.54) is 0 Å². The minimum absolute atomic E-state index is 0.0777. The van der Waals surface area contributed by atoms with Crippen LogP contribution in [0.3, 0.4) is 0 Å². The van der Waals surface area contributed by atoms with Gasteiger partial charge in [0.1, 0.15) is 17.5 Å². The summed E-state index contributed by atoms with van der Waals surface area (Å²) >= 11 is 6.34. The Bertz CT molecular complexity index is 1200. The maximum Gasteiger partial charge on any atom is 0.411 e. The molecule has 3 aromatic rings. The van der Waals surface area contributed by atoms with Crippen molar-refractivity contribution in [2.75, 3.05) is 0 Å². The number of ether oxygens (including phenoxy) is 2. The van der Waals surface area contributed by atoms with Gasteiger partial charge in [0, 0.05) is 23.3 Å². The molecule has 0 radical (unpaired) electrons. The number of halogens is 1. The van der Waals surface area contributed by atoms with Gasteiger partial charge in [-0.1, -0.05) is 11.6 Å². The van der Waals surface area contributed by atoms with E-state index in [2.05, 4.69) is 24.7 Å². The molecule has 1 aromatic carbocycles. The predicted molar refractivity (Wildman–Crippen MR) is 130 cm³/mol. The van der Waals surface area contributed by atoms with Gasteiger partial charge in [-0.3, -0.25) is 9.47 Å². The Labute approximate surface area is 209 Å². The van der Waals surface area contributed by atoms with E-state index in [1.807, 2.05) is 39.0 Å². The normalized spacial score (nSPS) is 19.9. The van der Waals surface area contributed by atoms with Crippen molar-refractivity contribution >= 4 is 17.7 Å². The van der Waals surface area contributed by atoms with Crippen LogP contribution in [0.1, 0.15) is 69.6 Å². The van der Waals surface area contributed by atoms with E-state index in [1.54, 1.807) is 23.4 Å². The smallest absolute Gasteiger partial charge is 0.411 e. The number of carbonyl (C=O) groups excluding carboxylic acids is 1. The van der Waals surface area contributed by atoms with Crippen LogP contribution >= 0.6 is 11.6 Å². The lowest BCUT2D eigenvalue weighted by atomic mass is 9.86. The van der Waals surface area contributed by atoms with Crippen LogP contribution in [0.15, 0.2) is 36.7 Å². The molecule has 10 heteroatoms. The predicted octanol–water partition coefficient (Wildman–Crippen LogP) is 5.07. The van der Waals surface area contributed by atoms with E-state index in [-0.39, 0.29) is 18.1 Å². The van der Waals surface area contributed by atoms with Crippen LogP contribution < -0.4 is 4.74 Å². The third-order valence-electron chi connectivity index (χ3n) is 6.24. The first kappa shape index (κ1) is 23.5. The minimum atomic E-state index is -0.592. The largest absolute Gasteiger partial charge is 0.460 e. The third kappa shape index (κ3) is 5.24. The average molecular weight is 497 g/mol. The van der Waals surface area contributed by atoms with Crippen molar-refractivity contribution < 1.29 is 14.3 Å². The van der Waals surface area contributed by atoms with Gasteiger partial charge in [0.05, 0.1) is 18.8 Å². The topological polar surface area (TPSA) is 95.3 Å². The second kappa shape index (κ2) is 9.45. The van der Waals surface area contributed by atoms with Gasteiger partial charge in [0.15, 0.2) is 5.82 Å². The molecule has 3 heterocycles. The zero-order chi connectivity index (χ0) is 24.6. The van der Waals surface area contributed by atoms with Crippen LogP contribution in [0.5, 0.6) is 6.01 Å². The molecule has 0 bridgehead atoms. The van der Waals surface area contributed by atoms with Gasteiger partial charge in [-0.15, -0.1) is 10.2 Å². The van der Waals surface area contributed by atoms with Crippen molar-refractivity contribution in [3.63, 3.8) is 0 Å². The summed E-state index contributed by atoms with van der Waals surface area (Å²) in [4.78, 5) is 23.0. The number of nitrogens with zero attached hydrogens (tertiary/aromatic N) is 6. The lowest BCUT2D eigenvalue weighted by Crippen LogP contribution is -2.35. The number of rotatable bonds is 3. The molecular weight excluding hydrogens is 468 g/mol. The van der Waals surface area contributed by atoms with Crippen LogP contribution in [0, 0.1) is 0 Å². The quantitative estimate of drug-likeness (QED) is 0.499. The highest BCUT2D eigenvalue weighted by atomic mass is 35.5. The van der Waals surface area contributed by atoms with Crippen molar-refractivity contribution in [1.82, 2.24) is 29.6 Å². The highest BCUT2D eigenvalue weighted by Crippen LogP contribution is 2.37. The molecule has 5 rings (SSSR count). The number of benzene rings is 1. The van der Waals surface area contributed by atoms with Crippen LogP contribution in [0.4, 0.5) is 4.79 Å². The Kier molecular flexibility index (Phi) is 6.35. The second-order valence-electron chi connectivity index (χ2n) is 10.0. The van der Waals surface area contributed by atoms with Crippen LogP contribution in [0.2, 0.25) is 5.02 Å². The molecule has 1 amide bonds. The number of carbonyl (C=O) groups is 1. The number of hydrogen-bond donors (Lipinski definition) is 0. The number of aromatic nitrogens is 5. The van der Waals surface area contributed by atoms with Gasteiger partial charge in [0.2, 0.25) is 0 Å². The molecule has 1 aliphatic heterocycles. The lowest BCUT2D eigenvalue weighted by Gasteiger charge is -2.28. The number of amides is 1. The SMILES string of the molecule is CC(C)(C)OC(=O)N1Cc2cc(Cl)ccc2-n2c(nnc2[C@H]2CC[C@@H](Oc3ncccn3)CC2)C1. The maximum atomic E-state index is 13.0. The van der Waals surface area contributed by atoms with Gasteiger partial charge in [-0.05, 0) is 76.3 Å². The molecule has 1 fully saturated rings. The van der Waals surface area contributed by atoms with Crippen LogP contribution in [-0.2, 0) is 17.8 Å². The summed E-state index contributed by atoms with van der Waals surface area (Å²) in [6.45, 7) is 6.26. The van der Waals surface area contributed by atoms with E-state index in [9.17, 15) is 4.79 Å². The average Bonchev–Trinajstić information content (AvgIpc) is 3.15. The van der Waals surface area contributed by atoms with Gasteiger partial charge in [-0.2, -0.15) is 0 Å². The van der Waals surface area contributed by atoms with Crippen LogP contribution in [0.25, 0.3) is 5.69 Å². The highest BCUT2D eigenvalue weighted by Gasteiger charge is 2.33. The summed E-state index contributed by atoms with van der Waals surface area (Å²) in [5.74, 6) is 1.84. The van der Waals surface area contributed by atoms with E-state index in [4.69, 9.17) is 21.1 Å². The molecule has 2 aromatic heterocycles. The third-order valence-corrected chi connectivity index (χ3v) is 6.47. The zero-order valence-electron chi connectivity index (χ0n) is 20.1. The monoisotopic (exact) mass is 496 g/mol. The Morgan fingerprint density at radius 3 is 2.51 bits per heavy atom. The number of hydrogen-bond acceptors (Lipinski definition) is 7. The molecule has 2 aliphatic rings. The van der Waals surface area contributed by atoms with Crippen molar-refractivity contribution in [1.29, 1.82) is 0 Å². The van der Waals surface area contributed by atoms with Crippen molar-refractivity contribution in [2.45, 2.75) is 77.2 Å². The molecule has 1 saturated carbocycles. The first-order valence-corrected chi connectivity index (χ1v) is 12.3. The summed E-state index contributed by atoms with van der Waals surface area (Å²) in [6, 6.07) is 7.93. The minimum Gasteiger partial charge on any atom is -0.460 e. The lowest BCUT2D eigenvalue weighted by molar-refractivity contribution is 0.0214. The van der Waals surface area contributed by atoms with E-state index in [0.29, 0.717) is 29.9 Å². The van der Waals surface area contributed by atoms with Gasteiger partial charge < -0.3 is 9.47 Å². The molecule has 0 atom stereocenters. The highest BCUT2D eigenvalue weighted by molar-refractivity contribution is 6.30. The zero-order valence-corrected chi connectivity index (χ0v) is 20.9. The van der Waals surface area contributed by atoms with E-state index in [0.717, 1.165) is 42.8 Å². The maximum absolute atomic E-state index is 13.0. The molecule has 184 valence electrons.